The Bertz CT molecular complexity index is 1480. The molecule has 9 heteroatoms. The Hall–Kier alpha value is -4.97. The summed E-state index contributed by atoms with van der Waals surface area (Å²) in [5.41, 5.74) is 6.55. The zero-order valence-corrected chi connectivity index (χ0v) is 21.2. The highest BCUT2D eigenvalue weighted by Crippen LogP contribution is 2.39. The lowest BCUT2D eigenvalue weighted by Crippen LogP contribution is -2.34. The minimum Gasteiger partial charge on any atom is -0.463 e. The number of rotatable bonds is 6. The summed E-state index contributed by atoms with van der Waals surface area (Å²) in [6, 6.07) is 13.7. The summed E-state index contributed by atoms with van der Waals surface area (Å²) in [5, 5.41) is 9.86. The van der Waals surface area contributed by atoms with E-state index in [4.69, 9.17) is 11.2 Å². The van der Waals surface area contributed by atoms with E-state index < -0.39 is 23.7 Å². The predicted octanol–water partition coefficient (Wildman–Crippen LogP) is 2.90. The topological polar surface area (TPSA) is 126 Å². The van der Waals surface area contributed by atoms with E-state index in [-0.39, 0.29) is 24.5 Å². The molecule has 2 aromatic rings. The molecule has 2 aliphatic heterocycles. The number of Topliss-reactive ketones (excluding diaryl/α,β-unsaturated/α-hetero) is 1. The highest BCUT2D eigenvalue weighted by molar-refractivity contribution is 6.49. The lowest BCUT2D eigenvalue weighted by atomic mass is 9.79. The minimum absolute atomic E-state index is 0.144. The molecular weight excluding hydrogens is 484 g/mol. The van der Waals surface area contributed by atoms with Gasteiger partial charge in [0.1, 0.15) is 5.71 Å². The lowest BCUT2D eigenvalue weighted by Gasteiger charge is -2.31. The van der Waals surface area contributed by atoms with E-state index >= 15 is 0 Å². The molecular formula is C29H26N4O5. The number of esters is 1. The number of terminal acetylenes is 1. The molecule has 4 rings (SSSR count). The maximum absolute atomic E-state index is 13.7. The van der Waals surface area contributed by atoms with Gasteiger partial charge in [0.2, 0.25) is 5.91 Å². The summed E-state index contributed by atoms with van der Waals surface area (Å²) in [7, 11) is 0. The Balaban J connectivity index is 1.68. The van der Waals surface area contributed by atoms with Gasteiger partial charge in [-0.1, -0.05) is 30.2 Å². The number of allylic oxidation sites excluding steroid dienone is 2. The first-order valence-corrected chi connectivity index (χ1v) is 12.0. The first-order chi connectivity index (χ1) is 18.2. The third-order valence-corrected chi connectivity index (χ3v) is 6.18. The molecule has 38 heavy (non-hydrogen) atoms. The van der Waals surface area contributed by atoms with Crippen molar-refractivity contribution >= 4 is 35.0 Å². The van der Waals surface area contributed by atoms with E-state index in [1.165, 1.54) is 0 Å². The van der Waals surface area contributed by atoms with Crippen LogP contribution in [0.25, 0.3) is 0 Å². The van der Waals surface area contributed by atoms with Crippen LogP contribution in [0.5, 0.6) is 0 Å². The number of ketones is 1. The van der Waals surface area contributed by atoms with Gasteiger partial charge < -0.3 is 15.4 Å². The van der Waals surface area contributed by atoms with Gasteiger partial charge in [-0.25, -0.2) is 10.2 Å². The Morgan fingerprint density at radius 1 is 1.11 bits per heavy atom. The monoisotopic (exact) mass is 510 g/mol. The van der Waals surface area contributed by atoms with Crippen LogP contribution in [0.3, 0.4) is 0 Å². The molecule has 2 heterocycles. The van der Waals surface area contributed by atoms with Gasteiger partial charge in [-0.05, 0) is 50.6 Å². The average molecular weight is 511 g/mol. The fraction of sp³-hybridized carbons (Fsp3) is 0.207. The lowest BCUT2D eigenvalue weighted by molar-refractivity contribution is -0.139. The van der Waals surface area contributed by atoms with Crippen LogP contribution in [0.4, 0.5) is 5.69 Å². The first kappa shape index (κ1) is 26.1. The number of amides is 2. The van der Waals surface area contributed by atoms with E-state index in [9.17, 15) is 19.2 Å². The van der Waals surface area contributed by atoms with Gasteiger partial charge in [0.05, 0.1) is 24.5 Å². The third kappa shape index (κ3) is 5.25. The summed E-state index contributed by atoms with van der Waals surface area (Å²) in [4.78, 5) is 50.2. The minimum atomic E-state index is -0.722. The number of anilines is 1. The molecule has 2 aliphatic rings. The molecule has 1 atom stereocenters. The summed E-state index contributed by atoms with van der Waals surface area (Å²) >= 11 is 0. The second-order valence-electron chi connectivity index (χ2n) is 8.75. The van der Waals surface area contributed by atoms with Gasteiger partial charge in [-0.15, -0.1) is 6.42 Å². The number of nitrogens with one attached hydrogen (secondary N) is 3. The number of hydrazone groups is 1. The molecule has 3 N–H and O–H groups in total. The average Bonchev–Trinajstić information content (AvgIpc) is 2.89. The maximum Gasteiger partial charge on any atom is 0.336 e. The van der Waals surface area contributed by atoms with Crippen molar-refractivity contribution in [2.45, 2.75) is 33.1 Å². The number of benzene rings is 2. The van der Waals surface area contributed by atoms with E-state index in [1.807, 2.05) is 6.07 Å². The van der Waals surface area contributed by atoms with Crippen molar-refractivity contribution in [1.82, 2.24) is 10.7 Å². The van der Waals surface area contributed by atoms with Gasteiger partial charge in [0.15, 0.2) is 5.78 Å². The molecule has 2 amide bonds. The van der Waals surface area contributed by atoms with Crippen molar-refractivity contribution in [1.29, 1.82) is 0 Å². The van der Waals surface area contributed by atoms with Crippen LogP contribution in [0.1, 0.15) is 49.8 Å². The standard InChI is InChI=1S/C29H26N4O5/c1-5-18-8-7-9-20(14-18)26-24(16(3)30-17(4)25(26)29(37)38-6-2)28(36)31-21-12-10-19(11-13-21)27-22(34)15-23(35)32-33-27/h1,7-14,26,30H,6,15H2,2-4H3,(H,31,36)(H,32,35). The normalized spacial score (nSPS) is 17.2. The molecule has 0 saturated heterocycles. The van der Waals surface area contributed by atoms with Crippen LogP contribution >= 0.6 is 0 Å². The smallest absolute Gasteiger partial charge is 0.336 e. The SMILES string of the molecule is C#Cc1cccc(C2C(C(=O)Nc3ccc(C4=NNC(=O)CC4=O)cc3)=C(C)NC(C)=C2C(=O)OCC)c1. The van der Waals surface area contributed by atoms with Crippen LogP contribution < -0.4 is 16.1 Å². The Kier molecular flexibility index (Phi) is 7.53. The number of hydrogen-bond acceptors (Lipinski definition) is 7. The quantitative estimate of drug-likeness (QED) is 0.312. The highest BCUT2D eigenvalue weighted by atomic mass is 16.5. The first-order valence-electron chi connectivity index (χ1n) is 12.0. The van der Waals surface area contributed by atoms with E-state index in [0.717, 1.165) is 0 Å². The van der Waals surface area contributed by atoms with Crippen LogP contribution in [-0.4, -0.2) is 35.9 Å². The Labute approximate surface area is 220 Å². The van der Waals surface area contributed by atoms with Crippen molar-refractivity contribution in [2.75, 3.05) is 11.9 Å². The molecule has 192 valence electrons. The van der Waals surface area contributed by atoms with Crippen molar-refractivity contribution in [3.63, 3.8) is 0 Å². The predicted molar refractivity (Wildman–Crippen MR) is 142 cm³/mol. The molecule has 0 bridgehead atoms. The molecule has 0 aromatic heterocycles. The molecule has 0 spiro atoms. The van der Waals surface area contributed by atoms with E-state index in [0.29, 0.717) is 44.9 Å². The third-order valence-electron chi connectivity index (χ3n) is 6.18. The summed E-state index contributed by atoms with van der Waals surface area (Å²) < 4.78 is 5.33. The Morgan fingerprint density at radius 3 is 2.47 bits per heavy atom. The zero-order chi connectivity index (χ0) is 27.4. The number of hydrogen-bond donors (Lipinski definition) is 3. The molecule has 1 unspecified atom stereocenters. The Morgan fingerprint density at radius 2 is 1.82 bits per heavy atom. The summed E-state index contributed by atoms with van der Waals surface area (Å²) in [5.74, 6) is 0.0842. The molecule has 9 nitrogen and oxygen atoms in total. The highest BCUT2D eigenvalue weighted by Gasteiger charge is 2.37. The van der Waals surface area contributed by atoms with Crippen molar-refractivity contribution in [3.05, 3.63) is 87.8 Å². The second kappa shape index (κ2) is 11.0. The van der Waals surface area contributed by atoms with Crippen LogP contribution in [0, 0.1) is 12.3 Å². The summed E-state index contributed by atoms with van der Waals surface area (Å²) in [6.07, 6.45) is 5.35. The van der Waals surface area contributed by atoms with Crippen LogP contribution in [-0.2, 0) is 23.9 Å². The summed E-state index contributed by atoms with van der Waals surface area (Å²) in [6.45, 7) is 5.43. The van der Waals surface area contributed by atoms with Crippen molar-refractivity contribution < 1.29 is 23.9 Å². The zero-order valence-electron chi connectivity index (χ0n) is 21.2. The number of nitrogens with zero attached hydrogens (tertiary/aromatic N) is 1. The van der Waals surface area contributed by atoms with Crippen molar-refractivity contribution in [3.8, 4) is 12.3 Å². The number of ether oxygens (including phenoxy) is 1. The molecule has 0 radical (unpaired) electrons. The van der Waals surface area contributed by atoms with E-state index in [1.54, 1.807) is 63.2 Å². The van der Waals surface area contributed by atoms with E-state index in [2.05, 4.69) is 27.1 Å². The molecule has 0 saturated carbocycles. The number of carbonyl (C=O) groups excluding carboxylic acids is 4. The van der Waals surface area contributed by atoms with Gasteiger partial charge in [-0.2, -0.15) is 5.10 Å². The number of carbonyl (C=O) groups is 4. The van der Waals surface area contributed by atoms with Crippen LogP contribution in [0.2, 0.25) is 0 Å². The molecule has 2 aromatic carbocycles. The fourth-order valence-corrected chi connectivity index (χ4v) is 4.50. The van der Waals surface area contributed by atoms with Gasteiger partial charge in [0, 0.05) is 33.8 Å². The largest absolute Gasteiger partial charge is 0.463 e. The van der Waals surface area contributed by atoms with Gasteiger partial charge in [-0.3, -0.25) is 14.4 Å². The van der Waals surface area contributed by atoms with Crippen molar-refractivity contribution in [2.24, 2.45) is 5.10 Å². The molecule has 0 fully saturated rings. The second-order valence-corrected chi connectivity index (χ2v) is 8.75. The number of dihydropyridines is 1. The maximum atomic E-state index is 13.7. The van der Waals surface area contributed by atoms with Gasteiger partial charge in [0.25, 0.3) is 5.91 Å². The van der Waals surface area contributed by atoms with Gasteiger partial charge >= 0.3 is 5.97 Å². The molecule has 0 aliphatic carbocycles. The fourth-order valence-electron chi connectivity index (χ4n) is 4.50. The van der Waals surface area contributed by atoms with Crippen LogP contribution in [0.15, 0.2) is 76.2 Å².